The predicted molar refractivity (Wildman–Crippen MR) is 125 cm³/mol. The van der Waals surface area contributed by atoms with Gasteiger partial charge in [0.15, 0.2) is 0 Å². The van der Waals surface area contributed by atoms with E-state index in [1.54, 1.807) is 42.5 Å². The maximum atomic E-state index is 13.0. The molecule has 0 radical (unpaired) electrons. The van der Waals surface area contributed by atoms with Gasteiger partial charge in [-0.3, -0.25) is 0 Å². The highest BCUT2D eigenvalue weighted by atomic mass is 35.5. The van der Waals surface area contributed by atoms with Crippen molar-refractivity contribution in [3.8, 4) is 22.5 Å². The van der Waals surface area contributed by atoms with Gasteiger partial charge in [0.2, 0.25) is 0 Å². The van der Waals surface area contributed by atoms with E-state index in [2.05, 4.69) is 9.93 Å². The van der Waals surface area contributed by atoms with Crippen LogP contribution in [0.1, 0.15) is 0 Å². The zero-order valence-electron chi connectivity index (χ0n) is 17.0. The Bertz CT molecular complexity index is 1300. The van der Waals surface area contributed by atoms with Crippen LogP contribution in [-0.2, 0) is 10.0 Å². The van der Waals surface area contributed by atoms with Crippen LogP contribution >= 0.6 is 11.6 Å². The summed E-state index contributed by atoms with van der Waals surface area (Å²) in [6.45, 7) is 0. The Balaban J connectivity index is 1.86. The maximum absolute atomic E-state index is 13.0. The summed E-state index contributed by atoms with van der Waals surface area (Å²) in [5.41, 5.74) is 3.84. The molecular weight excluding hydrogens is 432 g/mol. The van der Waals surface area contributed by atoms with Crippen LogP contribution in [0.15, 0.2) is 89.8 Å². The number of rotatable bonds is 6. The lowest BCUT2D eigenvalue weighted by Gasteiger charge is -2.18. The zero-order valence-corrected chi connectivity index (χ0v) is 18.6. The van der Waals surface area contributed by atoms with E-state index in [0.29, 0.717) is 16.4 Å². The molecule has 0 spiro atoms. The van der Waals surface area contributed by atoms with E-state index < -0.39 is 10.0 Å². The van der Waals surface area contributed by atoms with Crippen LogP contribution in [-0.4, -0.2) is 32.4 Å². The molecule has 1 N–H and O–H groups in total. The molecule has 0 atom stereocenters. The Morgan fingerprint density at radius 1 is 0.903 bits per heavy atom. The molecule has 0 unspecified atom stereocenters. The molecule has 8 heteroatoms. The van der Waals surface area contributed by atoms with E-state index >= 15 is 0 Å². The highest BCUT2D eigenvalue weighted by Crippen LogP contribution is 2.33. The first-order valence-electron chi connectivity index (χ1n) is 9.56. The summed E-state index contributed by atoms with van der Waals surface area (Å²) in [6.07, 6.45) is 0. The van der Waals surface area contributed by atoms with Gasteiger partial charge in [0.25, 0.3) is 10.0 Å². The molecule has 0 aliphatic carbocycles. The van der Waals surface area contributed by atoms with E-state index in [1.165, 1.54) is 4.79 Å². The molecule has 3 aromatic carbocycles. The Kier molecular flexibility index (Phi) is 5.71. The van der Waals surface area contributed by atoms with Crippen LogP contribution in [0.2, 0.25) is 5.02 Å². The van der Waals surface area contributed by atoms with Gasteiger partial charge in [0.1, 0.15) is 0 Å². The number of anilines is 1. The van der Waals surface area contributed by atoms with Crippen LogP contribution in [0, 0.1) is 0 Å². The Morgan fingerprint density at radius 3 is 2.23 bits per heavy atom. The summed E-state index contributed by atoms with van der Waals surface area (Å²) in [4.78, 5) is 6.05. The smallest absolute Gasteiger partial charge is 0.276 e. The molecule has 4 aromatic rings. The fraction of sp³-hybridized carbons (Fsp3) is 0.0870. The lowest BCUT2D eigenvalue weighted by atomic mass is 10.1. The molecule has 4 rings (SSSR count). The van der Waals surface area contributed by atoms with Crippen molar-refractivity contribution in [2.45, 2.75) is 4.90 Å². The first kappa shape index (κ1) is 21.0. The fourth-order valence-electron chi connectivity index (χ4n) is 3.25. The Hall–Kier alpha value is -3.29. The molecular formula is C23H21ClN4O2S. The number of para-hydroxylation sites is 1. The third kappa shape index (κ3) is 4.42. The number of nitrogens with one attached hydrogen (secondary N) is 1. The lowest BCUT2D eigenvalue weighted by Crippen LogP contribution is -2.25. The Morgan fingerprint density at radius 2 is 1.55 bits per heavy atom. The quantitative estimate of drug-likeness (QED) is 0.453. The van der Waals surface area contributed by atoms with Gasteiger partial charge in [-0.1, -0.05) is 60.1 Å². The van der Waals surface area contributed by atoms with Gasteiger partial charge in [0.05, 0.1) is 16.3 Å². The first-order chi connectivity index (χ1) is 14.8. The van der Waals surface area contributed by atoms with Crippen molar-refractivity contribution in [1.82, 2.24) is 9.89 Å². The lowest BCUT2D eigenvalue weighted by molar-refractivity contribution is 0.592. The predicted octanol–water partition coefficient (Wildman–Crippen LogP) is 4.87. The second kappa shape index (κ2) is 8.45. The van der Waals surface area contributed by atoms with Crippen molar-refractivity contribution in [1.29, 1.82) is 0 Å². The standard InChI is InChI=1S/C23H21ClN4O2S/c1-27(2)22-11-7-6-10-20(22)23-16-21(17-12-14-18(24)15-13-17)25-28(23)26-31(29,30)19-8-4-3-5-9-19/h3-16,26H,1-2H3. The van der Waals surface area contributed by atoms with E-state index in [4.69, 9.17) is 11.6 Å². The maximum Gasteiger partial charge on any atom is 0.276 e. The van der Waals surface area contributed by atoms with Crippen molar-refractivity contribution >= 4 is 27.3 Å². The summed E-state index contributed by atoms with van der Waals surface area (Å²) in [7, 11) is 0.0398. The first-order valence-corrected chi connectivity index (χ1v) is 11.4. The minimum absolute atomic E-state index is 0.158. The van der Waals surface area contributed by atoms with E-state index in [-0.39, 0.29) is 4.90 Å². The van der Waals surface area contributed by atoms with Gasteiger partial charge in [-0.15, -0.1) is 0 Å². The van der Waals surface area contributed by atoms with Crippen LogP contribution in [0.25, 0.3) is 22.5 Å². The van der Waals surface area contributed by atoms with Gasteiger partial charge in [-0.2, -0.15) is 23.1 Å². The number of sulfonamides is 1. The van der Waals surface area contributed by atoms with Gasteiger partial charge in [-0.05, 0) is 36.4 Å². The molecule has 0 bridgehead atoms. The SMILES string of the molecule is CN(C)c1ccccc1-c1cc(-c2ccc(Cl)cc2)nn1NS(=O)(=O)c1ccccc1. The third-order valence-electron chi connectivity index (χ3n) is 4.77. The normalized spacial score (nSPS) is 11.3. The zero-order chi connectivity index (χ0) is 22.0. The van der Waals surface area contributed by atoms with Crippen molar-refractivity contribution in [2.24, 2.45) is 0 Å². The molecule has 1 aromatic heterocycles. The minimum Gasteiger partial charge on any atom is -0.377 e. The van der Waals surface area contributed by atoms with Crippen molar-refractivity contribution < 1.29 is 8.42 Å². The van der Waals surface area contributed by atoms with Gasteiger partial charge < -0.3 is 4.90 Å². The monoisotopic (exact) mass is 452 g/mol. The second-order valence-electron chi connectivity index (χ2n) is 7.15. The molecule has 0 saturated heterocycles. The van der Waals surface area contributed by atoms with Gasteiger partial charge in [-0.25, -0.2) is 0 Å². The van der Waals surface area contributed by atoms with Gasteiger partial charge >= 0.3 is 0 Å². The number of hydrogen-bond acceptors (Lipinski definition) is 4. The molecule has 0 aliphatic rings. The van der Waals surface area contributed by atoms with Crippen molar-refractivity contribution in [3.05, 3.63) is 90.0 Å². The molecule has 0 aliphatic heterocycles. The molecule has 1 heterocycles. The summed E-state index contributed by atoms with van der Waals surface area (Å²) in [5, 5.41) is 5.18. The average molecular weight is 453 g/mol. The Labute approximate surface area is 186 Å². The summed E-state index contributed by atoms with van der Waals surface area (Å²) in [6, 6.07) is 25.1. The summed E-state index contributed by atoms with van der Waals surface area (Å²) in [5.74, 6) is 0. The number of hydrogen-bond donors (Lipinski definition) is 1. The molecule has 158 valence electrons. The molecule has 0 fully saturated rings. The molecule has 0 amide bonds. The van der Waals surface area contributed by atoms with Crippen molar-refractivity contribution in [2.75, 3.05) is 23.8 Å². The number of benzene rings is 3. The molecule has 0 saturated carbocycles. The summed E-state index contributed by atoms with van der Waals surface area (Å²) < 4.78 is 26.0. The minimum atomic E-state index is -3.84. The van der Waals surface area contributed by atoms with Crippen LogP contribution < -0.4 is 9.73 Å². The fourth-order valence-corrected chi connectivity index (χ4v) is 4.36. The summed E-state index contributed by atoms with van der Waals surface area (Å²) >= 11 is 6.02. The second-order valence-corrected chi connectivity index (χ2v) is 9.25. The van der Waals surface area contributed by atoms with Crippen LogP contribution in [0.3, 0.4) is 0 Å². The number of nitrogens with zero attached hydrogens (tertiary/aromatic N) is 3. The number of aromatic nitrogens is 2. The van der Waals surface area contributed by atoms with Crippen LogP contribution in [0.5, 0.6) is 0 Å². The van der Waals surface area contributed by atoms with Gasteiger partial charge in [0, 0.05) is 35.9 Å². The third-order valence-corrected chi connectivity index (χ3v) is 6.33. The number of halogens is 1. The largest absolute Gasteiger partial charge is 0.377 e. The van der Waals surface area contributed by atoms with E-state index in [1.807, 2.05) is 61.5 Å². The van der Waals surface area contributed by atoms with Crippen LogP contribution in [0.4, 0.5) is 5.69 Å². The van der Waals surface area contributed by atoms with E-state index in [9.17, 15) is 8.42 Å². The van der Waals surface area contributed by atoms with E-state index in [0.717, 1.165) is 16.8 Å². The van der Waals surface area contributed by atoms with Crippen molar-refractivity contribution in [3.63, 3.8) is 0 Å². The molecule has 6 nitrogen and oxygen atoms in total. The topological polar surface area (TPSA) is 67.2 Å². The average Bonchev–Trinajstić information content (AvgIpc) is 3.17. The molecule has 31 heavy (non-hydrogen) atoms. The highest BCUT2D eigenvalue weighted by Gasteiger charge is 2.20. The highest BCUT2D eigenvalue weighted by molar-refractivity contribution is 7.92.